The van der Waals surface area contributed by atoms with Crippen molar-refractivity contribution in [3.63, 3.8) is 0 Å². The average Bonchev–Trinajstić information content (AvgIpc) is 3.13. The van der Waals surface area contributed by atoms with Gasteiger partial charge < -0.3 is 4.90 Å². The second-order valence-corrected chi connectivity index (χ2v) is 8.87. The molecule has 0 bridgehead atoms. The molecule has 0 unspecified atom stereocenters. The van der Waals surface area contributed by atoms with Gasteiger partial charge in [-0.2, -0.15) is 4.31 Å². The van der Waals surface area contributed by atoms with Gasteiger partial charge in [-0.1, -0.05) is 31.7 Å². The Balaban J connectivity index is 1.53. The van der Waals surface area contributed by atoms with E-state index in [9.17, 15) is 17.6 Å². The Morgan fingerprint density at radius 1 is 1.12 bits per heavy atom. The van der Waals surface area contributed by atoms with E-state index in [-0.39, 0.29) is 23.9 Å². The molecule has 25 heavy (non-hydrogen) atoms. The quantitative estimate of drug-likeness (QED) is 0.803. The van der Waals surface area contributed by atoms with Crippen LogP contribution in [0.5, 0.6) is 0 Å². The van der Waals surface area contributed by atoms with Crippen LogP contribution in [0.4, 0.5) is 4.39 Å². The molecule has 138 valence electrons. The molecule has 1 aromatic rings. The van der Waals surface area contributed by atoms with Crippen LogP contribution in [0.2, 0.25) is 0 Å². The Bertz CT molecular complexity index is 709. The van der Waals surface area contributed by atoms with Crippen molar-refractivity contribution in [3.05, 3.63) is 30.1 Å². The van der Waals surface area contributed by atoms with Gasteiger partial charge in [-0.05, 0) is 30.5 Å². The molecule has 1 saturated carbocycles. The van der Waals surface area contributed by atoms with Crippen molar-refractivity contribution < 1.29 is 17.6 Å². The SMILES string of the molecule is O=C(CCC1CCCC1)N1CCN(S(=O)(=O)c2cccc(F)c2)CC1. The lowest BCUT2D eigenvalue weighted by atomic mass is 10.0. The van der Waals surface area contributed by atoms with Gasteiger partial charge >= 0.3 is 0 Å². The highest BCUT2D eigenvalue weighted by atomic mass is 32.2. The number of halogens is 1. The Kier molecular flexibility index (Phi) is 5.74. The lowest BCUT2D eigenvalue weighted by Crippen LogP contribution is -2.50. The highest BCUT2D eigenvalue weighted by Gasteiger charge is 2.30. The minimum Gasteiger partial charge on any atom is -0.340 e. The van der Waals surface area contributed by atoms with Crippen LogP contribution in [0.1, 0.15) is 38.5 Å². The number of nitrogens with zero attached hydrogens (tertiary/aromatic N) is 2. The summed E-state index contributed by atoms with van der Waals surface area (Å²) in [6.07, 6.45) is 6.51. The Morgan fingerprint density at radius 2 is 1.80 bits per heavy atom. The first-order chi connectivity index (χ1) is 12.0. The largest absolute Gasteiger partial charge is 0.340 e. The van der Waals surface area contributed by atoms with Crippen LogP contribution >= 0.6 is 0 Å². The maximum Gasteiger partial charge on any atom is 0.243 e. The van der Waals surface area contributed by atoms with E-state index >= 15 is 0 Å². The zero-order valence-electron chi connectivity index (χ0n) is 14.4. The second kappa shape index (κ2) is 7.83. The maximum absolute atomic E-state index is 13.3. The van der Waals surface area contributed by atoms with Gasteiger partial charge in [-0.25, -0.2) is 12.8 Å². The van der Waals surface area contributed by atoms with Crippen molar-refractivity contribution in [3.8, 4) is 0 Å². The minimum absolute atomic E-state index is 0.0338. The monoisotopic (exact) mass is 368 g/mol. The molecule has 1 amide bonds. The van der Waals surface area contributed by atoms with Crippen molar-refractivity contribution in [2.75, 3.05) is 26.2 Å². The lowest BCUT2D eigenvalue weighted by molar-refractivity contribution is -0.132. The molecule has 0 atom stereocenters. The van der Waals surface area contributed by atoms with Crippen molar-refractivity contribution in [2.24, 2.45) is 5.92 Å². The Morgan fingerprint density at radius 3 is 2.44 bits per heavy atom. The molecule has 0 spiro atoms. The van der Waals surface area contributed by atoms with Crippen LogP contribution in [-0.4, -0.2) is 49.7 Å². The van der Waals surface area contributed by atoms with E-state index < -0.39 is 15.8 Å². The number of piperazine rings is 1. The summed E-state index contributed by atoms with van der Waals surface area (Å²) >= 11 is 0. The molecule has 7 heteroatoms. The predicted molar refractivity (Wildman–Crippen MR) is 92.9 cm³/mol. The molecular weight excluding hydrogens is 343 g/mol. The third-order valence-electron chi connectivity index (χ3n) is 5.27. The molecule has 1 aromatic carbocycles. The highest BCUT2D eigenvalue weighted by molar-refractivity contribution is 7.89. The third kappa shape index (κ3) is 4.39. The summed E-state index contributed by atoms with van der Waals surface area (Å²) < 4.78 is 39.8. The molecule has 1 heterocycles. The van der Waals surface area contributed by atoms with E-state index in [1.807, 2.05) is 0 Å². The molecule has 5 nitrogen and oxygen atoms in total. The Labute approximate surface area is 148 Å². The van der Waals surface area contributed by atoms with Gasteiger partial charge in [0, 0.05) is 32.6 Å². The second-order valence-electron chi connectivity index (χ2n) is 6.93. The molecule has 1 aliphatic carbocycles. The predicted octanol–water partition coefficient (Wildman–Crippen LogP) is 2.63. The highest BCUT2D eigenvalue weighted by Crippen LogP contribution is 2.29. The van der Waals surface area contributed by atoms with Crippen molar-refractivity contribution in [1.29, 1.82) is 0 Å². The number of sulfonamides is 1. The first-order valence-electron chi connectivity index (χ1n) is 9.00. The normalized spacial score (nSPS) is 20.1. The van der Waals surface area contributed by atoms with E-state index in [0.717, 1.165) is 12.5 Å². The standard InChI is InChI=1S/C18H25FN2O3S/c19-16-6-3-7-17(14-16)25(23,24)21-12-10-20(11-13-21)18(22)9-8-15-4-1-2-5-15/h3,6-7,14-15H,1-2,4-5,8-13H2. The molecular formula is C18H25FN2O3S. The summed E-state index contributed by atoms with van der Waals surface area (Å²) in [6, 6.07) is 5.05. The molecule has 2 aliphatic rings. The molecule has 1 saturated heterocycles. The van der Waals surface area contributed by atoms with E-state index in [4.69, 9.17) is 0 Å². The summed E-state index contributed by atoms with van der Waals surface area (Å²) in [7, 11) is -3.70. The van der Waals surface area contributed by atoms with E-state index in [1.165, 1.54) is 48.2 Å². The number of hydrogen-bond acceptors (Lipinski definition) is 3. The van der Waals surface area contributed by atoms with Crippen LogP contribution in [0.25, 0.3) is 0 Å². The van der Waals surface area contributed by atoms with E-state index in [0.29, 0.717) is 25.4 Å². The van der Waals surface area contributed by atoms with E-state index in [2.05, 4.69) is 0 Å². The van der Waals surface area contributed by atoms with Gasteiger partial charge in [0.15, 0.2) is 0 Å². The van der Waals surface area contributed by atoms with E-state index in [1.54, 1.807) is 4.90 Å². The number of carbonyl (C=O) groups is 1. The summed E-state index contributed by atoms with van der Waals surface area (Å²) in [4.78, 5) is 14.1. The Hall–Kier alpha value is -1.47. The first kappa shape index (κ1) is 18.3. The summed E-state index contributed by atoms with van der Waals surface area (Å²) in [5.41, 5.74) is 0. The number of carbonyl (C=O) groups excluding carboxylic acids is 1. The molecule has 0 N–H and O–H groups in total. The van der Waals surface area contributed by atoms with Gasteiger partial charge in [0.25, 0.3) is 0 Å². The zero-order chi connectivity index (χ0) is 17.9. The van der Waals surface area contributed by atoms with Crippen LogP contribution in [-0.2, 0) is 14.8 Å². The van der Waals surface area contributed by atoms with Crippen molar-refractivity contribution in [2.45, 2.75) is 43.4 Å². The molecule has 0 radical (unpaired) electrons. The summed E-state index contributed by atoms with van der Waals surface area (Å²) in [5.74, 6) is 0.232. The van der Waals surface area contributed by atoms with Crippen molar-refractivity contribution >= 4 is 15.9 Å². The fraction of sp³-hybridized carbons (Fsp3) is 0.611. The van der Waals surface area contributed by atoms with Crippen molar-refractivity contribution in [1.82, 2.24) is 9.21 Å². The summed E-state index contributed by atoms with van der Waals surface area (Å²) in [5, 5.41) is 0. The topological polar surface area (TPSA) is 57.7 Å². The van der Waals surface area contributed by atoms with Gasteiger partial charge in [0.2, 0.25) is 15.9 Å². The smallest absolute Gasteiger partial charge is 0.243 e. The zero-order valence-corrected chi connectivity index (χ0v) is 15.2. The number of rotatable bonds is 5. The number of benzene rings is 1. The minimum atomic E-state index is -3.70. The number of hydrogen-bond donors (Lipinski definition) is 0. The fourth-order valence-electron chi connectivity index (χ4n) is 3.74. The van der Waals surface area contributed by atoms with Gasteiger partial charge in [0.05, 0.1) is 4.90 Å². The fourth-order valence-corrected chi connectivity index (χ4v) is 5.19. The van der Waals surface area contributed by atoms with Gasteiger partial charge in [-0.15, -0.1) is 0 Å². The third-order valence-corrected chi connectivity index (χ3v) is 7.16. The van der Waals surface area contributed by atoms with Crippen LogP contribution in [0, 0.1) is 11.7 Å². The van der Waals surface area contributed by atoms with Gasteiger partial charge in [0.1, 0.15) is 5.82 Å². The number of amides is 1. The van der Waals surface area contributed by atoms with Crippen LogP contribution in [0.15, 0.2) is 29.2 Å². The molecule has 0 aromatic heterocycles. The average molecular weight is 368 g/mol. The summed E-state index contributed by atoms with van der Waals surface area (Å²) in [6.45, 7) is 1.32. The lowest BCUT2D eigenvalue weighted by Gasteiger charge is -2.34. The molecule has 2 fully saturated rings. The van der Waals surface area contributed by atoms with Crippen LogP contribution in [0.3, 0.4) is 0 Å². The molecule has 3 rings (SSSR count). The van der Waals surface area contributed by atoms with Crippen LogP contribution < -0.4 is 0 Å². The first-order valence-corrected chi connectivity index (χ1v) is 10.4. The molecule has 1 aliphatic heterocycles. The maximum atomic E-state index is 13.3. The van der Waals surface area contributed by atoms with Gasteiger partial charge in [-0.3, -0.25) is 4.79 Å².